The van der Waals surface area contributed by atoms with E-state index in [4.69, 9.17) is 4.42 Å². The van der Waals surface area contributed by atoms with E-state index in [0.29, 0.717) is 5.56 Å². The number of furan rings is 1. The molecule has 5 heteroatoms. The molecule has 5 nitrogen and oxygen atoms in total. The lowest BCUT2D eigenvalue weighted by Crippen LogP contribution is -2.26. The average molecular weight is 287 g/mol. The van der Waals surface area contributed by atoms with Gasteiger partial charge in [-0.2, -0.15) is 0 Å². The van der Waals surface area contributed by atoms with E-state index in [2.05, 4.69) is 22.5 Å². The van der Waals surface area contributed by atoms with Gasteiger partial charge >= 0.3 is 0 Å². The highest BCUT2D eigenvalue weighted by Gasteiger charge is 2.14. The van der Waals surface area contributed by atoms with Gasteiger partial charge in [0.2, 0.25) is 0 Å². The summed E-state index contributed by atoms with van der Waals surface area (Å²) in [6, 6.07) is 7.03. The van der Waals surface area contributed by atoms with Crippen LogP contribution in [0.25, 0.3) is 0 Å². The summed E-state index contributed by atoms with van der Waals surface area (Å²) in [5.41, 5.74) is 1.41. The zero-order chi connectivity index (χ0) is 15.2. The number of amides is 1. The number of rotatable bonds is 6. The molecule has 0 radical (unpaired) electrons. The summed E-state index contributed by atoms with van der Waals surface area (Å²) in [7, 11) is 0. The van der Waals surface area contributed by atoms with E-state index in [1.807, 2.05) is 19.9 Å². The quantitative estimate of drug-likeness (QED) is 0.855. The molecule has 0 saturated heterocycles. The van der Waals surface area contributed by atoms with Gasteiger partial charge in [-0.25, -0.2) is 4.98 Å². The first-order chi connectivity index (χ1) is 10.1. The van der Waals surface area contributed by atoms with Gasteiger partial charge in [-0.05, 0) is 44.5 Å². The molecule has 0 aromatic carbocycles. The molecule has 1 amide bonds. The second-order valence-corrected chi connectivity index (χ2v) is 5.02. The molecule has 2 heterocycles. The number of anilines is 1. The Bertz CT molecular complexity index is 594. The highest BCUT2D eigenvalue weighted by Crippen LogP contribution is 2.15. The Hall–Kier alpha value is -2.30. The van der Waals surface area contributed by atoms with Crippen LogP contribution in [0.2, 0.25) is 0 Å². The van der Waals surface area contributed by atoms with E-state index in [-0.39, 0.29) is 11.9 Å². The molecular weight excluding hydrogens is 266 g/mol. The number of hydrogen-bond donors (Lipinski definition) is 2. The summed E-state index contributed by atoms with van der Waals surface area (Å²) in [6.45, 7) is 6.69. The van der Waals surface area contributed by atoms with Crippen LogP contribution in [-0.2, 0) is 0 Å². The molecule has 0 saturated carbocycles. The molecule has 2 N–H and O–H groups in total. The fourth-order valence-electron chi connectivity index (χ4n) is 2.03. The van der Waals surface area contributed by atoms with E-state index in [1.165, 1.54) is 0 Å². The fraction of sp³-hybridized carbons (Fsp3) is 0.375. The molecule has 1 unspecified atom stereocenters. The number of hydrogen-bond acceptors (Lipinski definition) is 4. The second kappa shape index (κ2) is 6.92. The third kappa shape index (κ3) is 4.08. The van der Waals surface area contributed by atoms with Crippen LogP contribution in [0, 0.1) is 6.92 Å². The second-order valence-electron chi connectivity index (χ2n) is 5.02. The summed E-state index contributed by atoms with van der Waals surface area (Å²) in [5, 5.41) is 6.12. The number of carbonyl (C=O) groups is 1. The lowest BCUT2D eigenvalue weighted by Gasteiger charge is -2.13. The molecule has 2 rings (SSSR count). The lowest BCUT2D eigenvalue weighted by atomic mass is 10.2. The molecule has 0 aliphatic heterocycles. The average Bonchev–Trinajstić information content (AvgIpc) is 2.98. The molecule has 0 bridgehead atoms. The number of carbonyl (C=O) groups excluding carboxylic acids is 1. The Kier molecular flexibility index (Phi) is 4.98. The highest BCUT2D eigenvalue weighted by atomic mass is 16.3. The van der Waals surface area contributed by atoms with E-state index >= 15 is 0 Å². The summed E-state index contributed by atoms with van der Waals surface area (Å²) in [5.74, 6) is 1.33. The molecule has 1 atom stereocenters. The van der Waals surface area contributed by atoms with Crippen molar-refractivity contribution in [3.63, 3.8) is 0 Å². The van der Waals surface area contributed by atoms with Crippen LogP contribution < -0.4 is 10.6 Å². The van der Waals surface area contributed by atoms with E-state index in [0.717, 1.165) is 30.2 Å². The molecular formula is C16H21N3O2. The van der Waals surface area contributed by atoms with E-state index in [9.17, 15) is 4.79 Å². The summed E-state index contributed by atoms with van der Waals surface area (Å²) in [4.78, 5) is 16.7. The standard InChI is InChI=1S/C16H21N3O2/c1-4-7-17-15-10-13(9-11(2)18-15)16(20)19-12(3)14-6-5-8-21-14/h5-6,8-10,12H,4,7H2,1-3H3,(H,17,18)(H,19,20). The van der Waals surface area contributed by atoms with Gasteiger partial charge in [-0.1, -0.05) is 6.92 Å². The molecule has 2 aromatic heterocycles. The maximum Gasteiger partial charge on any atom is 0.252 e. The van der Waals surface area contributed by atoms with Gasteiger partial charge < -0.3 is 15.1 Å². The number of aromatic nitrogens is 1. The summed E-state index contributed by atoms with van der Waals surface area (Å²) in [6.07, 6.45) is 2.61. The third-order valence-corrected chi connectivity index (χ3v) is 3.09. The summed E-state index contributed by atoms with van der Waals surface area (Å²) < 4.78 is 5.29. The Morgan fingerprint density at radius 3 is 2.90 bits per heavy atom. The number of nitrogens with one attached hydrogen (secondary N) is 2. The van der Waals surface area contributed by atoms with Crippen LogP contribution in [0.5, 0.6) is 0 Å². The van der Waals surface area contributed by atoms with Crippen LogP contribution in [-0.4, -0.2) is 17.4 Å². The normalized spacial score (nSPS) is 12.0. The van der Waals surface area contributed by atoms with Gasteiger partial charge in [0.25, 0.3) is 5.91 Å². The highest BCUT2D eigenvalue weighted by molar-refractivity contribution is 5.95. The Balaban J connectivity index is 2.09. The predicted octanol–water partition coefficient (Wildman–Crippen LogP) is 3.30. The Labute approximate surface area is 124 Å². The molecule has 0 aliphatic rings. The van der Waals surface area contributed by atoms with Gasteiger partial charge in [0.05, 0.1) is 12.3 Å². The number of aryl methyl sites for hydroxylation is 1. The van der Waals surface area contributed by atoms with Crippen molar-refractivity contribution in [1.29, 1.82) is 0 Å². The first-order valence-electron chi connectivity index (χ1n) is 7.17. The van der Waals surface area contributed by atoms with Gasteiger partial charge in [-0.3, -0.25) is 4.79 Å². The smallest absolute Gasteiger partial charge is 0.252 e. The Morgan fingerprint density at radius 1 is 1.43 bits per heavy atom. The van der Waals surface area contributed by atoms with Gasteiger partial charge in [0.1, 0.15) is 11.6 Å². The van der Waals surface area contributed by atoms with Crippen LogP contribution in [0.4, 0.5) is 5.82 Å². The largest absolute Gasteiger partial charge is 0.467 e. The lowest BCUT2D eigenvalue weighted by molar-refractivity contribution is 0.0935. The van der Waals surface area contributed by atoms with Crippen molar-refractivity contribution in [3.8, 4) is 0 Å². The van der Waals surface area contributed by atoms with Crippen molar-refractivity contribution in [1.82, 2.24) is 10.3 Å². The topological polar surface area (TPSA) is 67.2 Å². The summed E-state index contributed by atoms with van der Waals surface area (Å²) >= 11 is 0. The van der Waals surface area contributed by atoms with E-state index in [1.54, 1.807) is 24.5 Å². The zero-order valence-electron chi connectivity index (χ0n) is 12.6. The van der Waals surface area contributed by atoms with Crippen molar-refractivity contribution in [2.75, 3.05) is 11.9 Å². The van der Waals surface area contributed by atoms with Crippen molar-refractivity contribution >= 4 is 11.7 Å². The maximum absolute atomic E-state index is 12.3. The molecule has 112 valence electrons. The first kappa shape index (κ1) is 15.1. The minimum atomic E-state index is -0.173. The maximum atomic E-state index is 12.3. The van der Waals surface area contributed by atoms with Crippen molar-refractivity contribution in [2.24, 2.45) is 0 Å². The molecule has 21 heavy (non-hydrogen) atoms. The SMILES string of the molecule is CCCNc1cc(C(=O)NC(C)c2ccco2)cc(C)n1. The van der Waals surface area contributed by atoms with Crippen LogP contribution in [0.1, 0.15) is 48.1 Å². The molecule has 0 aliphatic carbocycles. The van der Waals surface area contributed by atoms with Crippen molar-refractivity contribution < 1.29 is 9.21 Å². The monoisotopic (exact) mass is 287 g/mol. The fourth-order valence-corrected chi connectivity index (χ4v) is 2.03. The molecule has 0 fully saturated rings. The van der Waals surface area contributed by atoms with Crippen LogP contribution in [0.15, 0.2) is 34.9 Å². The van der Waals surface area contributed by atoms with Crippen LogP contribution >= 0.6 is 0 Å². The van der Waals surface area contributed by atoms with Crippen molar-refractivity contribution in [2.45, 2.75) is 33.2 Å². The minimum Gasteiger partial charge on any atom is -0.467 e. The molecule has 0 spiro atoms. The van der Waals surface area contributed by atoms with Gasteiger partial charge in [0, 0.05) is 17.8 Å². The van der Waals surface area contributed by atoms with E-state index < -0.39 is 0 Å². The van der Waals surface area contributed by atoms with Gasteiger partial charge in [0.15, 0.2) is 0 Å². The number of nitrogens with zero attached hydrogens (tertiary/aromatic N) is 1. The first-order valence-corrected chi connectivity index (χ1v) is 7.17. The predicted molar refractivity (Wildman–Crippen MR) is 82.3 cm³/mol. The van der Waals surface area contributed by atoms with Crippen LogP contribution in [0.3, 0.4) is 0 Å². The van der Waals surface area contributed by atoms with Gasteiger partial charge in [-0.15, -0.1) is 0 Å². The zero-order valence-corrected chi connectivity index (χ0v) is 12.6. The number of pyridine rings is 1. The Morgan fingerprint density at radius 2 is 2.24 bits per heavy atom. The van der Waals surface area contributed by atoms with Crippen molar-refractivity contribution in [3.05, 3.63) is 47.5 Å². The minimum absolute atomic E-state index is 0.135. The molecule has 2 aromatic rings. The third-order valence-electron chi connectivity index (χ3n) is 3.09.